The number of amides is 1. The summed E-state index contributed by atoms with van der Waals surface area (Å²) in [6.45, 7) is 6.70. The topological polar surface area (TPSA) is 61.4 Å². The Bertz CT molecular complexity index is 830. The molecular weight excluding hydrogens is 371 g/mol. The van der Waals surface area contributed by atoms with Gasteiger partial charge in [0.15, 0.2) is 0 Å². The highest BCUT2D eigenvalue weighted by atomic mass is 19.4. The zero-order valence-electron chi connectivity index (χ0n) is 15.8. The van der Waals surface area contributed by atoms with E-state index in [2.05, 4.69) is 20.2 Å². The average molecular weight is 393 g/mol. The lowest BCUT2D eigenvalue weighted by molar-refractivity contribution is -0.137. The lowest BCUT2D eigenvalue weighted by Crippen LogP contribution is -2.49. The molecule has 150 valence electrons. The summed E-state index contributed by atoms with van der Waals surface area (Å²) in [5, 5.41) is 3.17. The van der Waals surface area contributed by atoms with Gasteiger partial charge in [-0.15, -0.1) is 0 Å². The van der Waals surface area contributed by atoms with E-state index in [-0.39, 0.29) is 11.5 Å². The van der Waals surface area contributed by atoms with E-state index in [1.165, 1.54) is 12.1 Å². The molecule has 0 aliphatic carbocycles. The molecule has 1 aliphatic heterocycles. The Morgan fingerprint density at radius 3 is 2.32 bits per heavy atom. The van der Waals surface area contributed by atoms with Crippen LogP contribution in [0.1, 0.15) is 28.7 Å². The van der Waals surface area contributed by atoms with Gasteiger partial charge in [0.05, 0.1) is 5.56 Å². The molecule has 6 nitrogen and oxygen atoms in total. The molecule has 1 amide bonds. The Morgan fingerprint density at radius 2 is 1.75 bits per heavy atom. The van der Waals surface area contributed by atoms with Crippen LogP contribution in [0, 0.1) is 6.92 Å². The Morgan fingerprint density at radius 1 is 1.11 bits per heavy atom. The van der Waals surface area contributed by atoms with Crippen LogP contribution in [-0.4, -0.2) is 53.5 Å². The van der Waals surface area contributed by atoms with Crippen LogP contribution in [0.15, 0.2) is 30.3 Å². The third-order valence-electron chi connectivity index (χ3n) is 4.53. The summed E-state index contributed by atoms with van der Waals surface area (Å²) in [4.78, 5) is 25.1. The largest absolute Gasteiger partial charge is 0.416 e. The number of piperazine rings is 1. The third kappa shape index (κ3) is 4.52. The van der Waals surface area contributed by atoms with Gasteiger partial charge in [0.2, 0.25) is 0 Å². The summed E-state index contributed by atoms with van der Waals surface area (Å²) in [5.41, 5.74) is -0.502. The third-order valence-corrected chi connectivity index (χ3v) is 4.53. The first-order valence-corrected chi connectivity index (χ1v) is 9.09. The Kier molecular flexibility index (Phi) is 5.71. The van der Waals surface area contributed by atoms with E-state index in [9.17, 15) is 18.0 Å². The predicted octanol–water partition coefficient (Wildman–Crippen LogP) is 3.20. The molecule has 1 aromatic heterocycles. The second-order valence-electron chi connectivity index (χ2n) is 6.54. The van der Waals surface area contributed by atoms with Crippen LogP contribution in [0.4, 0.5) is 24.8 Å². The molecule has 0 saturated carbocycles. The first-order valence-electron chi connectivity index (χ1n) is 9.09. The maximum Gasteiger partial charge on any atom is 0.416 e. The number of carbonyl (C=O) groups is 1. The number of nitrogens with zero attached hydrogens (tertiary/aromatic N) is 4. The second-order valence-corrected chi connectivity index (χ2v) is 6.54. The summed E-state index contributed by atoms with van der Waals surface area (Å²) >= 11 is 0. The minimum absolute atomic E-state index is 0.258. The van der Waals surface area contributed by atoms with Gasteiger partial charge < -0.3 is 15.1 Å². The van der Waals surface area contributed by atoms with Gasteiger partial charge in [-0.2, -0.15) is 13.2 Å². The highest BCUT2D eigenvalue weighted by Gasteiger charge is 2.30. The van der Waals surface area contributed by atoms with Crippen molar-refractivity contribution in [3.05, 3.63) is 47.3 Å². The molecule has 3 rings (SSSR count). The minimum Gasteiger partial charge on any atom is -0.370 e. The molecule has 0 radical (unpaired) electrons. The number of carbonyl (C=O) groups excluding carboxylic acids is 1. The van der Waals surface area contributed by atoms with Crippen molar-refractivity contribution in [1.29, 1.82) is 0 Å². The van der Waals surface area contributed by atoms with Crippen LogP contribution < -0.4 is 10.2 Å². The van der Waals surface area contributed by atoms with E-state index in [1.807, 2.05) is 19.9 Å². The molecule has 0 bridgehead atoms. The highest BCUT2D eigenvalue weighted by molar-refractivity contribution is 5.94. The van der Waals surface area contributed by atoms with Crippen LogP contribution in [0.3, 0.4) is 0 Å². The summed E-state index contributed by atoms with van der Waals surface area (Å²) in [6, 6.07) is 6.22. The van der Waals surface area contributed by atoms with Crippen molar-refractivity contribution in [3.8, 4) is 0 Å². The number of hydrogen-bond acceptors (Lipinski definition) is 5. The van der Waals surface area contributed by atoms with E-state index in [0.717, 1.165) is 30.3 Å². The van der Waals surface area contributed by atoms with Gasteiger partial charge in [0.25, 0.3) is 5.91 Å². The number of anilines is 2. The van der Waals surface area contributed by atoms with Crippen LogP contribution in [0.2, 0.25) is 0 Å². The van der Waals surface area contributed by atoms with Crippen molar-refractivity contribution < 1.29 is 18.0 Å². The van der Waals surface area contributed by atoms with Crippen LogP contribution in [-0.2, 0) is 6.18 Å². The lowest BCUT2D eigenvalue weighted by Gasteiger charge is -2.35. The van der Waals surface area contributed by atoms with Crippen LogP contribution >= 0.6 is 0 Å². The Balaban J connectivity index is 1.64. The first kappa shape index (κ1) is 19.9. The molecule has 1 aromatic carbocycles. The normalized spacial score (nSPS) is 14.9. The number of aromatic nitrogens is 2. The number of nitrogens with one attached hydrogen (secondary N) is 1. The lowest BCUT2D eigenvalue weighted by atomic mass is 10.1. The van der Waals surface area contributed by atoms with Crippen molar-refractivity contribution in [3.63, 3.8) is 0 Å². The van der Waals surface area contributed by atoms with Gasteiger partial charge in [-0.1, -0.05) is 0 Å². The van der Waals surface area contributed by atoms with Crippen molar-refractivity contribution >= 4 is 17.5 Å². The minimum atomic E-state index is -4.41. The number of rotatable bonds is 4. The van der Waals surface area contributed by atoms with Gasteiger partial charge in [0, 0.05) is 44.4 Å². The van der Waals surface area contributed by atoms with Gasteiger partial charge in [-0.3, -0.25) is 4.79 Å². The highest BCUT2D eigenvalue weighted by Crippen LogP contribution is 2.29. The summed E-state index contributed by atoms with van der Waals surface area (Å²) < 4.78 is 38.0. The first-order chi connectivity index (χ1) is 13.3. The second kappa shape index (κ2) is 8.04. The number of benzene rings is 1. The summed E-state index contributed by atoms with van der Waals surface area (Å²) in [5.74, 6) is 1.95. The van der Waals surface area contributed by atoms with Crippen molar-refractivity contribution in [2.24, 2.45) is 0 Å². The number of hydrogen-bond donors (Lipinski definition) is 1. The molecule has 1 saturated heterocycles. The monoisotopic (exact) mass is 393 g/mol. The summed E-state index contributed by atoms with van der Waals surface area (Å²) in [7, 11) is 0. The average Bonchev–Trinajstić information content (AvgIpc) is 2.67. The van der Waals surface area contributed by atoms with Crippen molar-refractivity contribution in [1.82, 2.24) is 14.9 Å². The number of halogens is 3. The molecule has 1 aliphatic rings. The fraction of sp³-hybridized carbons (Fsp3) is 0.421. The van der Waals surface area contributed by atoms with Crippen LogP contribution in [0.5, 0.6) is 0 Å². The van der Waals surface area contributed by atoms with E-state index < -0.39 is 11.7 Å². The summed E-state index contributed by atoms with van der Waals surface area (Å²) in [6.07, 6.45) is -4.41. The molecule has 2 aromatic rings. The van der Waals surface area contributed by atoms with Gasteiger partial charge in [-0.25, -0.2) is 9.97 Å². The Labute approximate surface area is 161 Å². The maximum absolute atomic E-state index is 12.7. The van der Waals surface area contributed by atoms with E-state index in [1.54, 1.807) is 4.90 Å². The van der Waals surface area contributed by atoms with E-state index >= 15 is 0 Å². The molecule has 2 heterocycles. The molecule has 0 unspecified atom stereocenters. The van der Waals surface area contributed by atoms with Gasteiger partial charge in [0.1, 0.15) is 17.5 Å². The smallest absolute Gasteiger partial charge is 0.370 e. The number of alkyl halides is 3. The molecule has 0 atom stereocenters. The molecule has 1 N–H and O–H groups in total. The Hall–Kier alpha value is -2.84. The maximum atomic E-state index is 12.7. The van der Waals surface area contributed by atoms with E-state index in [4.69, 9.17) is 0 Å². The van der Waals surface area contributed by atoms with Gasteiger partial charge in [-0.05, 0) is 38.1 Å². The standard InChI is InChI=1S/C19H22F3N5O/c1-3-23-16-12-17(25-13(2)24-16)26-8-10-27(11-9-26)18(28)14-4-6-15(7-5-14)19(20,21)22/h4-7,12H,3,8-11H2,1-2H3,(H,23,24,25). The van der Waals surface area contributed by atoms with Gasteiger partial charge >= 0.3 is 6.18 Å². The molecule has 0 spiro atoms. The molecule has 9 heteroatoms. The zero-order valence-corrected chi connectivity index (χ0v) is 15.8. The fourth-order valence-corrected chi connectivity index (χ4v) is 3.11. The quantitative estimate of drug-likeness (QED) is 0.865. The van der Waals surface area contributed by atoms with Crippen LogP contribution in [0.25, 0.3) is 0 Å². The van der Waals surface area contributed by atoms with Crippen molar-refractivity contribution in [2.45, 2.75) is 20.0 Å². The molecular formula is C19H22F3N5O. The predicted molar refractivity (Wildman–Crippen MR) is 100 cm³/mol. The number of aryl methyl sites for hydroxylation is 1. The SMILES string of the molecule is CCNc1cc(N2CCN(C(=O)c3ccc(C(F)(F)F)cc3)CC2)nc(C)n1. The molecule has 1 fully saturated rings. The zero-order chi connectivity index (χ0) is 20.3. The van der Waals surface area contributed by atoms with E-state index in [0.29, 0.717) is 32.0 Å². The fourth-order valence-electron chi connectivity index (χ4n) is 3.11. The molecule has 28 heavy (non-hydrogen) atoms. The van der Waals surface area contributed by atoms with Crippen molar-refractivity contribution in [2.75, 3.05) is 42.9 Å².